The summed E-state index contributed by atoms with van der Waals surface area (Å²) >= 11 is 3.56. The Morgan fingerprint density at radius 1 is 1.14 bits per heavy atom. The van der Waals surface area contributed by atoms with Crippen molar-refractivity contribution in [2.75, 3.05) is 23.0 Å². The Balaban J connectivity index is 4.35. The van der Waals surface area contributed by atoms with E-state index in [1.165, 1.54) is 0 Å². The Morgan fingerprint density at radius 2 is 1.57 bits per heavy atom. The van der Waals surface area contributed by atoms with E-state index >= 15 is 0 Å². The highest BCUT2D eigenvalue weighted by Crippen LogP contribution is 2.17. The molecule has 0 amide bonds. The third-order valence-corrected chi connectivity index (χ3v) is 3.73. The van der Waals surface area contributed by atoms with Gasteiger partial charge in [-0.05, 0) is 24.0 Å². The summed E-state index contributed by atoms with van der Waals surface area (Å²) in [5, 5.41) is 8.87. The van der Waals surface area contributed by atoms with Gasteiger partial charge in [0.05, 0.1) is 0 Å². The zero-order chi connectivity index (χ0) is 11.0. The van der Waals surface area contributed by atoms with E-state index in [1.807, 2.05) is 0 Å². The maximum Gasteiger partial charge on any atom is 0.331 e. The molecule has 0 bridgehead atoms. The minimum atomic E-state index is -0.784. The minimum absolute atomic E-state index is 0.520. The molecule has 2 nitrogen and oxygen atoms in total. The molecule has 0 radical (unpaired) electrons. The van der Waals surface area contributed by atoms with Crippen LogP contribution in [0.3, 0.4) is 0 Å². The Morgan fingerprint density at radius 3 is 1.86 bits per heavy atom. The van der Waals surface area contributed by atoms with Crippen LogP contribution in [0.15, 0.2) is 11.1 Å². The minimum Gasteiger partial charge on any atom is -0.478 e. The second-order valence-corrected chi connectivity index (χ2v) is 5.36. The second-order valence-electron chi connectivity index (χ2n) is 2.81. The number of hydrogen-bond donors (Lipinski definition) is 1. The number of hydrogen-bond acceptors (Lipinski definition) is 3. The summed E-state index contributed by atoms with van der Waals surface area (Å²) in [5.41, 5.74) is 1.59. The average molecular weight is 234 g/mol. The van der Waals surface area contributed by atoms with Crippen LogP contribution in [-0.2, 0) is 4.79 Å². The molecule has 0 aromatic rings. The highest BCUT2D eigenvalue weighted by molar-refractivity contribution is 8.00. The Labute approximate surface area is 94.5 Å². The largest absolute Gasteiger partial charge is 0.478 e. The van der Waals surface area contributed by atoms with Crippen LogP contribution in [0.25, 0.3) is 0 Å². The summed E-state index contributed by atoms with van der Waals surface area (Å²) in [6.45, 7) is 5.88. The van der Waals surface area contributed by atoms with Crippen LogP contribution in [0.4, 0.5) is 0 Å². The van der Waals surface area contributed by atoms with Gasteiger partial charge in [-0.3, -0.25) is 0 Å². The van der Waals surface area contributed by atoms with Crippen molar-refractivity contribution in [2.24, 2.45) is 0 Å². The lowest BCUT2D eigenvalue weighted by atomic mass is 10.2. The lowest BCUT2D eigenvalue weighted by Crippen LogP contribution is -2.05. The van der Waals surface area contributed by atoms with Crippen molar-refractivity contribution >= 4 is 29.5 Å². The monoisotopic (exact) mass is 234 g/mol. The lowest BCUT2D eigenvalue weighted by Gasteiger charge is -2.08. The lowest BCUT2D eigenvalue weighted by molar-refractivity contribution is -0.132. The molecule has 0 unspecified atom stereocenters. The first-order valence-electron chi connectivity index (χ1n) is 4.70. The quantitative estimate of drug-likeness (QED) is 0.687. The van der Waals surface area contributed by atoms with Gasteiger partial charge < -0.3 is 5.11 Å². The van der Waals surface area contributed by atoms with Crippen LogP contribution in [0.2, 0.25) is 0 Å². The van der Waals surface area contributed by atoms with Gasteiger partial charge in [-0.15, -0.1) is 0 Å². The first-order chi connectivity index (χ1) is 6.63. The van der Waals surface area contributed by atoms with Crippen LogP contribution in [0, 0.1) is 0 Å². The molecule has 0 rings (SSSR count). The first kappa shape index (κ1) is 13.9. The van der Waals surface area contributed by atoms with Crippen LogP contribution < -0.4 is 0 Å². The molecule has 0 fully saturated rings. The zero-order valence-corrected chi connectivity index (χ0v) is 10.6. The number of carboxylic acid groups (broad SMARTS) is 1. The smallest absolute Gasteiger partial charge is 0.331 e. The van der Waals surface area contributed by atoms with Gasteiger partial charge in [-0.1, -0.05) is 13.8 Å². The fourth-order valence-corrected chi connectivity index (χ4v) is 2.53. The van der Waals surface area contributed by atoms with Gasteiger partial charge in [-0.2, -0.15) is 23.5 Å². The zero-order valence-electron chi connectivity index (χ0n) is 9.00. The fraction of sp³-hybridized carbons (Fsp3) is 0.700. The van der Waals surface area contributed by atoms with Crippen molar-refractivity contribution in [1.29, 1.82) is 0 Å². The van der Waals surface area contributed by atoms with E-state index < -0.39 is 5.97 Å². The molecule has 0 saturated carbocycles. The van der Waals surface area contributed by atoms with Crippen molar-refractivity contribution in [3.8, 4) is 0 Å². The molecule has 0 spiro atoms. The molecule has 4 heteroatoms. The first-order valence-corrected chi connectivity index (χ1v) is 7.01. The van der Waals surface area contributed by atoms with E-state index in [-0.39, 0.29) is 0 Å². The summed E-state index contributed by atoms with van der Waals surface area (Å²) in [5.74, 6) is 2.98. The highest BCUT2D eigenvalue weighted by Gasteiger charge is 2.08. The highest BCUT2D eigenvalue weighted by atomic mass is 32.2. The summed E-state index contributed by atoms with van der Waals surface area (Å²) in [6.07, 6.45) is 0. The van der Waals surface area contributed by atoms with E-state index in [0.29, 0.717) is 5.57 Å². The van der Waals surface area contributed by atoms with E-state index in [1.54, 1.807) is 30.4 Å². The van der Waals surface area contributed by atoms with Crippen LogP contribution in [-0.4, -0.2) is 34.1 Å². The number of carbonyl (C=O) groups is 1. The Kier molecular flexibility index (Phi) is 8.18. The van der Waals surface area contributed by atoms with Crippen molar-refractivity contribution in [3.05, 3.63) is 11.1 Å². The summed E-state index contributed by atoms with van der Waals surface area (Å²) in [6, 6.07) is 0. The van der Waals surface area contributed by atoms with Gasteiger partial charge in [0.25, 0.3) is 0 Å². The summed E-state index contributed by atoms with van der Waals surface area (Å²) in [4.78, 5) is 10.8. The normalized spacial score (nSPS) is 9.93. The van der Waals surface area contributed by atoms with Crippen LogP contribution >= 0.6 is 23.5 Å². The fourth-order valence-electron chi connectivity index (χ4n) is 0.860. The van der Waals surface area contributed by atoms with Gasteiger partial charge in [0, 0.05) is 17.1 Å². The molecular weight excluding hydrogens is 216 g/mol. The predicted octanol–water partition coefficient (Wildman–Crippen LogP) is 2.89. The molecule has 0 heterocycles. The summed E-state index contributed by atoms with van der Waals surface area (Å²) in [7, 11) is 0. The number of aliphatic carboxylic acids is 1. The van der Waals surface area contributed by atoms with Crippen molar-refractivity contribution in [1.82, 2.24) is 0 Å². The third kappa shape index (κ3) is 5.60. The van der Waals surface area contributed by atoms with Crippen LogP contribution in [0.5, 0.6) is 0 Å². The standard InChI is InChI=1S/C10H18O2S2/c1-4-13-6-9(7-14-5-2)8(3)10(11)12/h4-7H2,1-3H3,(H,11,12). The third-order valence-electron chi connectivity index (χ3n) is 1.81. The van der Waals surface area contributed by atoms with Crippen molar-refractivity contribution < 1.29 is 9.90 Å². The van der Waals surface area contributed by atoms with Crippen molar-refractivity contribution in [3.63, 3.8) is 0 Å². The predicted molar refractivity (Wildman–Crippen MR) is 66.3 cm³/mol. The average Bonchev–Trinajstić information content (AvgIpc) is 2.17. The van der Waals surface area contributed by atoms with Gasteiger partial charge in [0.1, 0.15) is 0 Å². The molecule has 14 heavy (non-hydrogen) atoms. The second kappa shape index (κ2) is 8.24. The molecule has 0 aliphatic rings. The Hall–Kier alpha value is -0.0900. The van der Waals surface area contributed by atoms with E-state index in [0.717, 1.165) is 28.6 Å². The van der Waals surface area contributed by atoms with Gasteiger partial charge >= 0.3 is 5.97 Å². The van der Waals surface area contributed by atoms with E-state index in [9.17, 15) is 4.79 Å². The van der Waals surface area contributed by atoms with E-state index in [4.69, 9.17) is 5.11 Å². The molecule has 0 atom stereocenters. The Bertz CT molecular complexity index is 202. The molecule has 0 aliphatic heterocycles. The number of thioether (sulfide) groups is 2. The SMILES string of the molecule is CCSCC(CSCC)=C(C)C(=O)O. The van der Waals surface area contributed by atoms with Gasteiger partial charge in [-0.25, -0.2) is 4.79 Å². The van der Waals surface area contributed by atoms with Gasteiger partial charge in [0.15, 0.2) is 0 Å². The molecule has 82 valence electrons. The summed E-state index contributed by atoms with van der Waals surface area (Å²) < 4.78 is 0. The maximum absolute atomic E-state index is 10.8. The number of carboxylic acids is 1. The molecule has 0 saturated heterocycles. The van der Waals surface area contributed by atoms with Crippen LogP contribution in [0.1, 0.15) is 20.8 Å². The maximum atomic E-state index is 10.8. The van der Waals surface area contributed by atoms with E-state index in [2.05, 4.69) is 13.8 Å². The van der Waals surface area contributed by atoms with Gasteiger partial charge in [0.2, 0.25) is 0 Å². The topological polar surface area (TPSA) is 37.3 Å². The molecular formula is C10H18O2S2. The molecule has 1 N–H and O–H groups in total. The molecule has 0 aliphatic carbocycles. The van der Waals surface area contributed by atoms with Crippen molar-refractivity contribution in [2.45, 2.75) is 20.8 Å². The molecule has 0 aromatic heterocycles. The molecule has 0 aromatic carbocycles. The number of rotatable bonds is 7.